The van der Waals surface area contributed by atoms with Gasteiger partial charge in [0.25, 0.3) is 0 Å². The topological polar surface area (TPSA) is 83.0 Å². The van der Waals surface area contributed by atoms with E-state index < -0.39 is 0 Å². The average molecular weight is 629 g/mol. The third-order valence-corrected chi connectivity index (χ3v) is 9.23. The number of rotatable bonds is 5. The number of nitrogens with one attached hydrogen (secondary N) is 2. The fraction of sp³-hybridized carbons (Fsp3) is 0.194. The molecule has 2 aromatic heterocycles. The number of aromatic nitrogens is 3. The van der Waals surface area contributed by atoms with E-state index in [0.717, 1.165) is 81.6 Å². The zero-order valence-corrected chi connectivity index (χ0v) is 23.2. The molecule has 2 aromatic carbocycles. The molecule has 4 heterocycles. The number of aromatic amines is 1. The lowest BCUT2D eigenvalue weighted by atomic mass is 9.99. The van der Waals surface area contributed by atoms with Crippen molar-refractivity contribution in [2.24, 2.45) is 10.9 Å². The van der Waals surface area contributed by atoms with Crippen molar-refractivity contribution < 1.29 is 9.18 Å². The second-order valence-corrected chi connectivity index (χ2v) is 12.0. The SMILES string of the molecule is O=C(NC1=CC(c2cc3c(cn2)CCCN=C3c2nc3c(-c4cccc(F)c4)cccc3[nH]2)=CI=C1)C1CC1. The minimum atomic E-state index is -0.325. The van der Waals surface area contributed by atoms with Crippen LogP contribution in [0.1, 0.15) is 41.9 Å². The predicted octanol–water partition coefficient (Wildman–Crippen LogP) is 6.09. The molecule has 194 valence electrons. The van der Waals surface area contributed by atoms with Gasteiger partial charge in [-0.2, -0.15) is 0 Å². The fourth-order valence-electron chi connectivity index (χ4n) is 5.02. The first-order chi connectivity index (χ1) is 19.1. The Kier molecular flexibility index (Phi) is 6.27. The van der Waals surface area contributed by atoms with Gasteiger partial charge in [0.2, 0.25) is 5.91 Å². The summed E-state index contributed by atoms with van der Waals surface area (Å²) >= 11 is -0.325. The maximum Gasteiger partial charge on any atom is 0.227 e. The van der Waals surface area contributed by atoms with Gasteiger partial charge in [0, 0.05) is 41.1 Å². The summed E-state index contributed by atoms with van der Waals surface area (Å²) in [6.45, 7) is 0.702. The molecule has 0 spiro atoms. The van der Waals surface area contributed by atoms with E-state index in [-0.39, 0.29) is 38.4 Å². The lowest BCUT2D eigenvalue weighted by molar-refractivity contribution is -0.121. The summed E-state index contributed by atoms with van der Waals surface area (Å²) < 4.78 is 18.4. The van der Waals surface area contributed by atoms with E-state index in [1.54, 1.807) is 6.07 Å². The summed E-state index contributed by atoms with van der Waals surface area (Å²) in [6.07, 6.45) is 7.78. The Hall–Kier alpha value is -3.79. The van der Waals surface area contributed by atoms with Crippen LogP contribution in [-0.4, -0.2) is 37.1 Å². The number of imidazole rings is 1. The van der Waals surface area contributed by atoms with Gasteiger partial charge in [-0.25, -0.2) is 9.37 Å². The van der Waals surface area contributed by atoms with Gasteiger partial charge in [-0.05, 0) is 75.2 Å². The van der Waals surface area contributed by atoms with E-state index in [2.05, 4.69) is 24.5 Å². The van der Waals surface area contributed by atoms with Gasteiger partial charge in [-0.3, -0.25) is 14.8 Å². The highest BCUT2D eigenvalue weighted by atomic mass is 127. The Labute approximate surface area is 234 Å². The highest BCUT2D eigenvalue weighted by molar-refractivity contribution is 14.2. The number of allylic oxidation sites excluding steroid dienone is 3. The summed E-state index contributed by atoms with van der Waals surface area (Å²) in [4.78, 5) is 30.5. The fourth-order valence-corrected chi connectivity index (χ4v) is 6.81. The number of amides is 1. The number of nitrogens with zero attached hydrogens (tertiary/aromatic N) is 3. The highest BCUT2D eigenvalue weighted by Gasteiger charge is 2.30. The van der Waals surface area contributed by atoms with E-state index in [1.165, 1.54) is 12.1 Å². The van der Waals surface area contributed by atoms with Crippen molar-refractivity contribution in [3.63, 3.8) is 0 Å². The van der Waals surface area contributed by atoms with Crippen LogP contribution < -0.4 is 5.32 Å². The molecule has 1 fully saturated rings. The van der Waals surface area contributed by atoms with Gasteiger partial charge in [0.1, 0.15) is 11.5 Å². The molecule has 0 radical (unpaired) electrons. The number of aliphatic imine (C=N–C) groups is 1. The first-order valence-corrected chi connectivity index (χ1v) is 15.6. The van der Waals surface area contributed by atoms with E-state index in [1.807, 2.05) is 36.5 Å². The number of hydrogen-bond donors (Lipinski definition) is 2. The third kappa shape index (κ3) is 4.89. The van der Waals surface area contributed by atoms with Crippen LogP contribution >= 0.6 is 20.7 Å². The minimum absolute atomic E-state index is 0.120. The van der Waals surface area contributed by atoms with Gasteiger partial charge in [0.05, 0.1) is 16.7 Å². The van der Waals surface area contributed by atoms with Crippen LogP contribution in [-0.2, 0) is 11.2 Å². The number of benzene rings is 2. The molecule has 4 aromatic rings. The van der Waals surface area contributed by atoms with E-state index in [4.69, 9.17) is 15.0 Å². The van der Waals surface area contributed by atoms with Gasteiger partial charge < -0.3 is 10.3 Å². The number of fused-ring (bicyclic) bond motifs is 2. The van der Waals surface area contributed by atoms with Crippen molar-refractivity contribution >= 4 is 53.0 Å². The average Bonchev–Trinajstić information content (AvgIpc) is 3.75. The number of carbonyl (C=O) groups excluding carboxylic acids is 1. The van der Waals surface area contributed by atoms with Crippen LogP contribution in [0.15, 0.2) is 75.6 Å². The normalized spacial score (nSPS) is 16.9. The van der Waals surface area contributed by atoms with Crippen LogP contribution in [0.5, 0.6) is 0 Å². The molecule has 0 unspecified atom stereocenters. The number of hydrogen-bond acceptors (Lipinski definition) is 4. The molecule has 2 N–H and O–H groups in total. The van der Waals surface area contributed by atoms with Crippen LogP contribution in [0.3, 0.4) is 0 Å². The van der Waals surface area contributed by atoms with Gasteiger partial charge >= 0.3 is 0 Å². The van der Waals surface area contributed by atoms with Gasteiger partial charge in [0.15, 0.2) is 5.82 Å². The van der Waals surface area contributed by atoms with Crippen LogP contribution in [0.4, 0.5) is 4.39 Å². The molecule has 3 aliphatic rings. The third-order valence-electron chi connectivity index (χ3n) is 7.17. The summed E-state index contributed by atoms with van der Waals surface area (Å²) in [5.74, 6) is 0.709. The van der Waals surface area contributed by atoms with Gasteiger partial charge in [-0.15, -0.1) is 0 Å². The number of para-hydroxylation sites is 1. The molecule has 39 heavy (non-hydrogen) atoms. The van der Waals surface area contributed by atoms with Crippen molar-refractivity contribution in [3.8, 4) is 11.1 Å². The Morgan fingerprint density at radius 2 is 2.00 bits per heavy atom. The molecule has 1 aliphatic carbocycles. The number of carbonyl (C=O) groups is 1. The molecule has 0 saturated heterocycles. The van der Waals surface area contributed by atoms with E-state index in [9.17, 15) is 9.18 Å². The van der Waals surface area contributed by atoms with Crippen LogP contribution in [0.25, 0.3) is 27.7 Å². The van der Waals surface area contributed by atoms with Crippen molar-refractivity contribution in [1.29, 1.82) is 0 Å². The minimum Gasteiger partial charge on any atom is -0.337 e. The molecule has 7 rings (SSSR count). The molecule has 0 bridgehead atoms. The highest BCUT2D eigenvalue weighted by Crippen LogP contribution is 2.32. The Morgan fingerprint density at radius 3 is 2.87 bits per heavy atom. The second-order valence-electron chi connectivity index (χ2n) is 10.0. The van der Waals surface area contributed by atoms with Crippen molar-refractivity contribution in [3.05, 3.63) is 99.0 Å². The summed E-state index contributed by atoms with van der Waals surface area (Å²) in [5.41, 5.74) is 9.08. The van der Waals surface area contributed by atoms with Crippen LogP contribution in [0.2, 0.25) is 0 Å². The summed E-state index contributed by atoms with van der Waals surface area (Å²) in [6, 6.07) is 14.6. The van der Waals surface area contributed by atoms with Crippen LogP contribution in [0, 0.1) is 11.7 Å². The maximum absolute atomic E-state index is 14.0. The number of halogens is 2. The van der Waals surface area contributed by atoms with Crippen molar-refractivity contribution in [1.82, 2.24) is 20.3 Å². The molecule has 8 heteroatoms. The first kappa shape index (κ1) is 24.3. The smallest absolute Gasteiger partial charge is 0.227 e. The molecular formula is C31H25FIN5O. The standard InChI is InChI=1S/C31H25FIN5O/c32-22-6-1-4-19(12-22)24-7-2-8-26-28(24)38-30(37-26)29-25-14-27(35-17-20(25)5-3-11-34-29)21-13-23(16-33-15-21)36-31(39)18-9-10-18/h1-2,4,6-8,12-18H,3,5,9-11H2,(H,36,39)(H,37,38). The lowest BCUT2D eigenvalue weighted by Crippen LogP contribution is -2.25. The quantitative estimate of drug-likeness (QED) is 0.263. The van der Waals surface area contributed by atoms with Gasteiger partial charge in [-0.1, -0.05) is 45.0 Å². The zero-order chi connectivity index (χ0) is 26.3. The molecule has 1 saturated carbocycles. The monoisotopic (exact) mass is 629 g/mol. The zero-order valence-electron chi connectivity index (χ0n) is 21.0. The molecule has 2 aliphatic heterocycles. The van der Waals surface area contributed by atoms with Crippen molar-refractivity contribution in [2.75, 3.05) is 6.54 Å². The first-order valence-electron chi connectivity index (χ1n) is 13.1. The number of H-pyrrole nitrogens is 1. The number of pyridine rings is 1. The van der Waals surface area contributed by atoms with Crippen molar-refractivity contribution in [2.45, 2.75) is 25.7 Å². The molecule has 0 atom stereocenters. The molecular weight excluding hydrogens is 604 g/mol. The predicted molar refractivity (Wildman–Crippen MR) is 162 cm³/mol. The largest absolute Gasteiger partial charge is 0.337 e. The Morgan fingerprint density at radius 1 is 1.10 bits per heavy atom. The maximum atomic E-state index is 14.0. The van der Waals surface area contributed by atoms with E-state index in [0.29, 0.717) is 12.4 Å². The Bertz CT molecular complexity index is 1760. The molecule has 6 nitrogen and oxygen atoms in total. The lowest BCUT2D eigenvalue weighted by Gasteiger charge is -2.13. The van der Waals surface area contributed by atoms with E-state index >= 15 is 0 Å². The molecule has 1 amide bonds. The Balaban J connectivity index is 1.27. The second kappa shape index (κ2) is 10.1. The number of aryl methyl sites for hydroxylation is 1. The summed E-state index contributed by atoms with van der Waals surface area (Å²) in [5, 5.41) is 3.09. The summed E-state index contributed by atoms with van der Waals surface area (Å²) in [7, 11) is 0.